The zero-order valence-corrected chi connectivity index (χ0v) is 14.4. The van der Waals surface area contributed by atoms with Gasteiger partial charge in [0.15, 0.2) is 0 Å². The van der Waals surface area contributed by atoms with Crippen LogP contribution in [0.25, 0.3) is 16.6 Å². The Morgan fingerprint density at radius 3 is 2.52 bits per heavy atom. The van der Waals surface area contributed by atoms with E-state index >= 15 is 0 Å². The van der Waals surface area contributed by atoms with Crippen molar-refractivity contribution in [1.82, 2.24) is 9.55 Å². The molecule has 2 heterocycles. The largest absolute Gasteiger partial charge is 0.416 e. The molecule has 4 nitrogen and oxygen atoms in total. The predicted molar refractivity (Wildman–Crippen MR) is 95.0 cm³/mol. The fourth-order valence-corrected chi connectivity index (χ4v) is 3.29. The SMILES string of the molecule is O=c1nc(CCC2CCO2)c2ccc(C(F)(F)F)cc2n1-c1ccccc1. The van der Waals surface area contributed by atoms with E-state index in [9.17, 15) is 18.0 Å². The second-order valence-electron chi connectivity index (χ2n) is 6.56. The maximum Gasteiger partial charge on any atom is 0.416 e. The number of para-hydroxylation sites is 1. The van der Waals surface area contributed by atoms with Crippen LogP contribution in [-0.2, 0) is 17.3 Å². The van der Waals surface area contributed by atoms with Crippen molar-refractivity contribution in [2.75, 3.05) is 6.61 Å². The molecule has 0 bridgehead atoms. The summed E-state index contributed by atoms with van der Waals surface area (Å²) in [6.45, 7) is 0.726. The summed E-state index contributed by atoms with van der Waals surface area (Å²) in [6.07, 6.45) is -2.23. The van der Waals surface area contributed by atoms with Gasteiger partial charge in [-0.05, 0) is 43.5 Å². The normalized spacial score (nSPS) is 17.1. The summed E-state index contributed by atoms with van der Waals surface area (Å²) in [5.41, 5.74) is -0.184. The fraction of sp³-hybridized carbons (Fsp3) is 0.300. The van der Waals surface area contributed by atoms with Crippen molar-refractivity contribution in [3.63, 3.8) is 0 Å². The number of ether oxygens (including phenoxy) is 1. The second-order valence-corrected chi connectivity index (χ2v) is 6.56. The van der Waals surface area contributed by atoms with Crippen LogP contribution < -0.4 is 5.69 Å². The Labute approximate surface area is 153 Å². The van der Waals surface area contributed by atoms with Crippen molar-refractivity contribution in [2.45, 2.75) is 31.5 Å². The van der Waals surface area contributed by atoms with E-state index in [1.165, 1.54) is 10.6 Å². The van der Waals surface area contributed by atoms with Gasteiger partial charge in [0, 0.05) is 12.0 Å². The van der Waals surface area contributed by atoms with Crippen LogP contribution in [0.4, 0.5) is 13.2 Å². The third-order valence-electron chi connectivity index (χ3n) is 4.81. The Balaban J connectivity index is 1.90. The number of fused-ring (bicyclic) bond motifs is 1. The minimum absolute atomic E-state index is 0.132. The molecule has 1 fully saturated rings. The van der Waals surface area contributed by atoms with Crippen molar-refractivity contribution in [3.8, 4) is 5.69 Å². The van der Waals surface area contributed by atoms with E-state index in [1.54, 1.807) is 30.3 Å². The maximum atomic E-state index is 13.2. The zero-order valence-electron chi connectivity index (χ0n) is 14.4. The first-order valence-electron chi connectivity index (χ1n) is 8.73. The number of halogens is 3. The molecule has 0 saturated carbocycles. The molecule has 1 aliphatic rings. The topological polar surface area (TPSA) is 44.1 Å². The fourth-order valence-electron chi connectivity index (χ4n) is 3.29. The van der Waals surface area contributed by atoms with Gasteiger partial charge in [0.25, 0.3) is 0 Å². The lowest BCUT2D eigenvalue weighted by molar-refractivity contribution is -0.137. The first-order valence-corrected chi connectivity index (χ1v) is 8.73. The van der Waals surface area contributed by atoms with E-state index in [0.717, 1.165) is 25.2 Å². The molecule has 1 aromatic heterocycles. The third-order valence-corrected chi connectivity index (χ3v) is 4.81. The molecule has 0 aliphatic carbocycles. The highest BCUT2D eigenvalue weighted by Gasteiger charge is 2.31. The monoisotopic (exact) mass is 374 g/mol. The van der Waals surface area contributed by atoms with Gasteiger partial charge in [-0.1, -0.05) is 24.3 Å². The lowest BCUT2D eigenvalue weighted by atomic mass is 10.0. The van der Waals surface area contributed by atoms with Crippen molar-refractivity contribution >= 4 is 10.9 Å². The summed E-state index contributed by atoms with van der Waals surface area (Å²) < 4.78 is 46.3. The molecule has 1 atom stereocenters. The summed E-state index contributed by atoms with van der Waals surface area (Å²) in [7, 11) is 0. The minimum atomic E-state index is -4.49. The van der Waals surface area contributed by atoms with Gasteiger partial charge in [-0.25, -0.2) is 4.79 Å². The number of alkyl halides is 3. The molecule has 0 N–H and O–H groups in total. The average molecular weight is 374 g/mol. The number of rotatable bonds is 4. The Hall–Kier alpha value is -2.67. The number of benzene rings is 2. The molecule has 140 valence electrons. The third kappa shape index (κ3) is 3.47. The highest BCUT2D eigenvalue weighted by molar-refractivity contribution is 5.83. The summed E-state index contributed by atoms with van der Waals surface area (Å²) >= 11 is 0. The number of nitrogens with zero attached hydrogens (tertiary/aromatic N) is 2. The predicted octanol–water partition coefficient (Wildman–Crippen LogP) is 4.13. The zero-order chi connectivity index (χ0) is 19.0. The van der Waals surface area contributed by atoms with Crippen LogP contribution >= 0.6 is 0 Å². The Morgan fingerprint density at radius 2 is 1.89 bits per heavy atom. The Bertz CT molecular complexity index is 1030. The van der Waals surface area contributed by atoms with Crippen LogP contribution in [-0.4, -0.2) is 22.3 Å². The van der Waals surface area contributed by atoms with Crippen molar-refractivity contribution in [3.05, 3.63) is 70.3 Å². The molecule has 27 heavy (non-hydrogen) atoms. The van der Waals surface area contributed by atoms with E-state index in [-0.39, 0.29) is 11.6 Å². The van der Waals surface area contributed by atoms with Crippen LogP contribution in [0.15, 0.2) is 53.3 Å². The summed E-state index contributed by atoms with van der Waals surface area (Å²) in [5, 5.41) is 0.547. The van der Waals surface area contributed by atoms with Crippen LogP contribution in [0.2, 0.25) is 0 Å². The van der Waals surface area contributed by atoms with Crippen molar-refractivity contribution < 1.29 is 17.9 Å². The van der Waals surface area contributed by atoms with E-state index in [4.69, 9.17) is 4.74 Å². The molecule has 0 amide bonds. The molecule has 0 spiro atoms. The van der Waals surface area contributed by atoms with E-state index in [1.807, 2.05) is 0 Å². The van der Waals surface area contributed by atoms with Gasteiger partial charge in [-0.2, -0.15) is 18.2 Å². The van der Waals surface area contributed by atoms with E-state index in [0.29, 0.717) is 29.6 Å². The van der Waals surface area contributed by atoms with Gasteiger partial charge in [0.1, 0.15) is 0 Å². The summed E-state index contributed by atoms with van der Waals surface area (Å²) in [6, 6.07) is 12.0. The standard InChI is InChI=1S/C20H17F3N2O2/c21-20(22,23)13-6-8-16-17(9-7-15-10-11-27-15)24-19(26)25(18(16)12-13)14-4-2-1-3-5-14/h1-6,8,12,15H,7,9-11H2. The van der Waals surface area contributed by atoms with Gasteiger partial charge in [0.05, 0.1) is 28.6 Å². The molecule has 1 unspecified atom stereocenters. The highest BCUT2D eigenvalue weighted by Crippen LogP contribution is 2.32. The second kappa shape index (κ2) is 6.81. The number of aromatic nitrogens is 2. The van der Waals surface area contributed by atoms with Crippen LogP contribution in [0.5, 0.6) is 0 Å². The molecular formula is C20H17F3N2O2. The Morgan fingerprint density at radius 1 is 1.15 bits per heavy atom. The summed E-state index contributed by atoms with van der Waals surface area (Å²) in [4.78, 5) is 16.9. The first kappa shape index (κ1) is 17.7. The first-order chi connectivity index (χ1) is 12.9. The van der Waals surface area contributed by atoms with Crippen LogP contribution in [0.3, 0.4) is 0 Å². The van der Waals surface area contributed by atoms with E-state index < -0.39 is 17.4 Å². The molecule has 2 aromatic carbocycles. The summed E-state index contributed by atoms with van der Waals surface area (Å²) in [5.74, 6) is 0. The van der Waals surface area contributed by atoms with Gasteiger partial charge in [-0.3, -0.25) is 4.57 Å². The lowest BCUT2D eigenvalue weighted by Gasteiger charge is -2.26. The average Bonchev–Trinajstić information content (AvgIpc) is 2.60. The molecule has 7 heteroatoms. The quantitative estimate of drug-likeness (QED) is 0.690. The smallest absolute Gasteiger partial charge is 0.378 e. The van der Waals surface area contributed by atoms with Gasteiger partial charge >= 0.3 is 11.9 Å². The highest BCUT2D eigenvalue weighted by atomic mass is 19.4. The molecule has 1 saturated heterocycles. The molecule has 0 radical (unpaired) electrons. The van der Waals surface area contributed by atoms with Gasteiger partial charge in [0.2, 0.25) is 0 Å². The van der Waals surface area contributed by atoms with Crippen molar-refractivity contribution in [1.29, 1.82) is 0 Å². The molecule has 1 aliphatic heterocycles. The molecular weight excluding hydrogens is 357 g/mol. The molecule has 4 rings (SSSR count). The van der Waals surface area contributed by atoms with Gasteiger partial charge in [-0.15, -0.1) is 0 Å². The van der Waals surface area contributed by atoms with E-state index in [2.05, 4.69) is 4.98 Å². The van der Waals surface area contributed by atoms with Crippen molar-refractivity contribution in [2.24, 2.45) is 0 Å². The number of hydrogen-bond donors (Lipinski definition) is 0. The van der Waals surface area contributed by atoms with Gasteiger partial charge < -0.3 is 4.74 Å². The number of aryl methyl sites for hydroxylation is 1. The minimum Gasteiger partial charge on any atom is -0.378 e. The molecule has 3 aromatic rings. The van der Waals surface area contributed by atoms with Crippen LogP contribution in [0, 0.1) is 0 Å². The maximum absolute atomic E-state index is 13.2. The van der Waals surface area contributed by atoms with Crippen LogP contribution in [0.1, 0.15) is 24.1 Å². The lowest BCUT2D eigenvalue weighted by Crippen LogP contribution is -2.28. The number of hydrogen-bond acceptors (Lipinski definition) is 3. The Kier molecular flexibility index (Phi) is 4.47.